The Hall–Kier alpha value is -2.44. The highest BCUT2D eigenvalue weighted by Gasteiger charge is 2.25. The average molecular weight is 315 g/mol. The predicted molar refractivity (Wildman–Crippen MR) is 84.9 cm³/mol. The summed E-state index contributed by atoms with van der Waals surface area (Å²) < 4.78 is 1.80. The van der Waals surface area contributed by atoms with Crippen LogP contribution in [-0.2, 0) is 18.3 Å². The number of hydrogen-bond donors (Lipinski definition) is 1. The molecule has 0 radical (unpaired) electrons. The summed E-state index contributed by atoms with van der Waals surface area (Å²) in [6, 6.07) is 3.77. The minimum absolute atomic E-state index is 0.160. The standard InChI is InChI=1S/C16H21N5O2/c1-20-13(6-9-18-20)4-5-15(22)21-10-2-3-12(11-21)14-7-8-17-16(23)19-14/h6-9,12H,2-5,10-11H2,1H3,(H,17,19,23). The summed E-state index contributed by atoms with van der Waals surface area (Å²) in [5.74, 6) is 0.340. The van der Waals surface area contributed by atoms with Crippen molar-refractivity contribution in [2.45, 2.75) is 31.6 Å². The first-order chi connectivity index (χ1) is 11.1. The van der Waals surface area contributed by atoms with Gasteiger partial charge in [-0.1, -0.05) is 0 Å². The topological polar surface area (TPSA) is 83.9 Å². The van der Waals surface area contributed by atoms with Crippen LogP contribution in [0.15, 0.2) is 29.3 Å². The van der Waals surface area contributed by atoms with Crippen molar-refractivity contribution >= 4 is 5.91 Å². The van der Waals surface area contributed by atoms with Crippen LogP contribution in [0.4, 0.5) is 0 Å². The van der Waals surface area contributed by atoms with Gasteiger partial charge in [0.25, 0.3) is 0 Å². The number of aromatic amines is 1. The number of rotatable bonds is 4. The van der Waals surface area contributed by atoms with Crippen molar-refractivity contribution in [3.05, 3.63) is 46.4 Å². The Morgan fingerprint density at radius 2 is 2.26 bits per heavy atom. The minimum atomic E-state index is -0.331. The summed E-state index contributed by atoms with van der Waals surface area (Å²) in [7, 11) is 1.89. The maximum atomic E-state index is 12.5. The number of H-pyrrole nitrogens is 1. The molecule has 1 N–H and O–H groups in total. The van der Waals surface area contributed by atoms with Crippen molar-refractivity contribution in [1.82, 2.24) is 24.6 Å². The molecule has 2 aromatic heterocycles. The van der Waals surface area contributed by atoms with Crippen molar-refractivity contribution in [2.75, 3.05) is 13.1 Å². The largest absolute Gasteiger partial charge is 0.345 e. The molecule has 0 aromatic carbocycles. The molecule has 23 heavy (non-hydrogen) atoms. The molecule has 0 saturated carbocycles. The number of nitrogens with one attached hydrogen (secondary N) is 1. The van der Waals surface area contributed by atoms with Crippen LogP contribution in [0.1, 0.15) is 36.6 Å². The normalized spacial score (nSPS) is 18.1. The maximum Gasteiger partial charge on any atom is 0.345 e. The van der Waals surface area contributed by atoms with E-state index in [0.29, 0.717) is 19.4 Å². The Labute approximate surface area is 134 Å². The van der Waals surface area contributed by atoms with Gasteiger partial charge in [-0.2, -0.15) is 5.10 Å². The summed E-state index contributed by atoms with van der Waals surface area (Å²) in [5.41, 5.74) is 1.60. The molecule has 1 aliphatic heterocycles. The first-order valence-corrected chi connectivity index (χ1v) is 7.93. The summed E-state index contributed by atoms with van der Waals surface area (Å²) in [4.78, 5) is 32.2. The number of carbonyl (C=O) groups excluding carboxylic acids is 1. The van der Waals surface area contributed by atoms with E-state index in [0.717, 1.165) is 30.8 Å². The third kappa shape index (κ3) is 3.67. The number of likely N-dealkylation sites (tertiary alicyclic amines) is 1. The molecule has 3 heterocycles. The third-order valence-corrected chi connectivity index (χ3v) is 4.43. The number of aromatic nitrogens is 4. The van der Waals surface area contributed by atoms with E-state index in [1.807, 2.05) is 24.1 Å². The van der Waals surface area contributed by atoms with Gasteiger partial charge in [0.1, 0.15) is 0 Å². The number of piperidine rings is 1. The van der Waals surface area contributed by atoms with Crippen LogP contribution in [0.3, 0.4) is 0 Å². The second-order valence-electron chi connectivity index (χ2n) is 5.96. The molecule has 1 aliphatic rings. The Balaban J connectivity index is 1.60. The monoisotopic (exact) mass is 315 g/mol. The summed E-state index contributed by atoms with van der Waals surface area (Å²) in [6.45, 7) is 1.44. The molecule has 1 atom stereocenters. The summed E-state index contributed by atoms with van der Waals surface area (Å²) >= 11 is 0. The van der Waals surface area contributed by atoms with Gasteiger partial charge in [0.15, 0.2) is 0 Å². The zero-order chi connectivity index (χ0) is 16.2. The molecule has 7 heteroatoms. The summed E-state index contributed by atoms with van der Waals surface area (Å²) in [6.07, 6.45) is 6.38. The van der Waals surface area contributed by atoms with Gasteiger partial charge in [0.05, 0.1) is 0 Å². The molecular formula is C16H21N5O2. The lowest BCUT2D eigenvalue weighted by atomic mass is 9.94. The fourth-order valence-electron chi connectivity index (χ4n) is 3.12. The van der Waals surface area contributed by atoms with Crippen LogP contribution in [0.25, 0.3) is 0 Å². The molecule has 1 amide bonds. The molecule has 0 spiro atoms. The molecule has 122 valence electrons. The lowest BCUT2D eigenvalue weighted by Crippen LogP contribution is -2.39. The number of hydrogen-bond acceptors (Lipinski definition) is 4. The van der Waals surface area contributed by atoms with Crippen molar-refractivity contribution < 1.29 is 4.79 Å². The number of carbonyl (C=O) groups is 1. The van der Waals surface area contributed by atoms with Crippen molar-refractivity contribution in [2.24, 2.45) is 7.05 Å². The SMILES string of the molecule is Cn1nccc1CCC(=O)N1CCCC(c2ccnc(=O)[nH]2)C1. The number of nitrogens with zero attached hydrogens (tertiary/aromatic N) is 4. The van der Waals surface area contributed by atoms with Crippen LogP contribution < -0.4 is 5.69 Å². The van der Waals surface area contributed by atoms with Crippen molar-refractivity contribution in [1.29, 1.82) is 0 Å². The van der Waals surface area contributed by atoms with Gasteiger partial charge < -0.3 is 9.88 Å². The Kier molecular flexibility index (Phi) is 4.55. The highest BCUT2D eigenvalue weighted by Crippen LogP contribution is 2.25. The highest BCUT2D eigenvalue weighted by molar-refractivity contribution is 5.76. The first kappa shape index (κ1) is 15.5. The van der Waals surface area contributed by atoms with Gasteiger partial charge in [-0.15, -0.1) is 0 Å². The Bertz CT molecular complexity index is 736. The zero-order valence-electron chi connectivity index (χ0n) is 13.2. The highest BCUT2D eigenvalue weighted by atomic mass is 16.2. The van der Waals surface area contributed by atoms with Crippen molar-refractivity contribution in [3.8, 4) is 0 Å². The van der Waals surface area contributed by atoms with Crippen LogP contribution in [0.2, 0.25) is 0 Å². The summed E-state index contributed by atoms with van der Waals surface area (Å²) in [5, 5.41) is 4.12. The first-order valence-electron chi connectivity index (χ1n) is 7.93. The molecule has 0 aliphatic carbocycles. The minimum Gasteiger partial charge on any atom is -0.342 e. The molecule has 1 fully saturated rings. The lowest BCUT2D eigenvalue weighted by Gasteiger charge is -2.32. The second-order valence-corrected chi connectivity index (χ2v) is 5.96. The van der Waals surface area contributed by atoms with Crippen molar-refractivity contribution in [3.63, 3.8) is 0 Å². The molecule has 1 saturated heterocycles. The van der Waals surface area contributed by atoms with Crippen LogP contribution >= 0.6 is 0 Å². The molecular weight excluding hydrogens is 294 g/mol. The van der Waals surface area contributed by atoms with E-state index in [-0.39, 0.29) is 17.5 Å². The van der Waals surface area contributed by atoms with Gasteiger partial charge >= 0.3 is 5.69 Å². The predicted octanol–water partition coefficient (Wildman–Crippen LogP) is 0.842. The van der Waals surface area contributed by atoms with E-state index >= 15 is 0 Å². The molecule has 1 unspecified atom stereocenters. The van der Waals surface area contributed by atoms with Gasteiger partial charge in [0.2, 0.25) is 5.91 Å². The van der Waals surface area contributed by atoms with E-state index < -0.39 is 0 Å². The number of aryl methyl sites for hydroxylation is 2. The molecule has 2 aromatic rings. The van der Waals surface area contributed by atoms with Gasteiger partial charge in [0, 0.05) is 56.3 Å². The van der Waals surface area contributed by atoms with E-state index in [4.69, 9.17) is 0 Å². The Morgan fingerprint density at radius 1 is 1.39 bits per heavy atom. The molecule has 7 nitrogen and oxygen atoms in total. The quantitative estimate of drug-likeness (QED) is 0.906. The smallest absolute Gasteiger partial charge is 0.342 e. The van der Waals surface area contributed by atoms with E-state index in [1.165, 1.54) is 6.20 Å². The van der Waals surface area contributed by atoms with Crippen LogP contribution in [-0.4, -0.2) is 43.6 Å². The fraction of sp³-hybridized carbons (Fsp3) is 0.500. The van der Waals surface area contributed by atoms with Crippen LogP contribution in [0.5, 0.6) is 0 Å². The average Bonchev–Trinajstić information content (AvgIpc) is 2.98. The second kappa shape index (κ2) is 6.76. The van der Waals surface area contributed by atoms with Crippen LogP contribution in [0, 0.1) is 0 Å². The number of amides is 1. The third-order valence-electron chi connectivity index (χ3n) is 4.43. The van der Waals surface area contributed by atoms with Gasteiger partial charge in [-0.3, -0.25) is 9.48 Å². The fourth-order valence-corrected chi connectivity index (χ4v) is 3.12. The van der Waals surface area contributed by atoms with Gasteiger partial charge in [-0.05, 0) is 31.4 Å². The molecule has 0 bridgehead atoms. The van der Waals surface area contributed by atoms with E-state index in [2.05, 4.69) is 15.1 Å². The Morgan fingerprint density at radius 3 is 3.00 bits per heavy atom. The molecule has 3 rings (SSSR count). The maximum absolute atomic E-state index is 12.5. The van der Waals surface area contributed by atoms with Gasteiger partial charge in [-0.25, -0.2) is 9.78 Å². The lowest BCUT2D eigenvalue weighted by molar-refractivity contribution is -0.132. The zero-order valence-corrected chi connectivity index (χ0v) is 13.2. The van der Waals surface area contributed by atoms with E-state index in [9.17, 15) is 9.59 Å². The van der Waals surface area contributed by atoms with E-state index in [1.54, 1.807) is 10.9 Å².